The number of aliphatic hydroxyl groups excluding tert-OH is 2. The van der Waals surface area contributed by atoms with Gasteiger partial charge in [-0.3, -0.25) is 32.5 Å². The quantitative estimate of drug-likeness (QED) is 0.0587. The molecule has 3 heterocycles. The minimum atomic E-state index is -5.56. The van der Waals surface area contributed by atoms with Crippen LogP contribution in [0.15, 0.2) is 12.7 Å². The van der Waals surface area contributed by atoms with E-state index in [0.717, 1.165) is 29.0 Å². The molecule has 0 spiro atoms. The Morgan fingerprint density at radius 2 is 1.75 bits per heavy atom. The number of fused-ring (bicyclic) bond motifs is 1. The van der Waals surface area contributed by atoms with E-state index in [1.54, 1.807) is 0 Å². The number of hydrogen-bond acceptors (Lipinski definition) is 18. The van der Waals surface area contributed by atoms with Crippen molar-refractivity contribution in [3.8, 4) is 0 Å². The fourth-order valence-corrected chi connectivity index (χ4v) is 7.65. The summed E-state index contributed by atoms with van der Waals surface area (Å²) in [5.41, 5.74) is 4.26. The van der Waals surface area contributed by atoms with E-state index in [-0.39, 0.29) is 41.6 Å². The van der Waals surface area contributed by atoms with Gasteiger partial charge in [0.25, 0.3) is 0 Å². The molecule has 2 amide bonds. The molecule has 0 saturated carbocycles. The van der Waals surface area contributed by atoms with Gasteiger partial charge in [-0.25, -0.2) is 28.6 Å². The lowest BCUT2D eigenvalue weighted by Gasteiger charge is -2.30. The maximum atomic E-state index is 12.6. The zero-order valence-electron chi connectivity index (χ0n) is 27.1. The van der Waals surface area contributed by atoms with Gasteiger partial charge in [0.05, 0.1) is 19.5 Å². The van der Waals surface area contributed by atoms with Gasteiger partial charge in [0.1, 0.15) is 36.3 Å². The number of hydrogen-bond donors (Lipinski definition) is 9. The molecule has 0 aromatic carbocycles. The molecule has 10 N–H and O–H groups in total. The molecule has 0 radical (unpaired) electrons. The Morgan fingerprint density at radius 1 is 1.08 bits per heavy atom. The first kappa shape index (κ1) is 43.0. The number of anilines is 1. The third-order valence-corrected chi connectivity index (χ3v) is 10.7. The molecule has 2 aromatic rings. The lowest BCUT2D eigenvalue weighted by atomic mass is 9.87. The summed E-state index contributed by atoms with van der Waals surface area (Å²) >= 11 is 1.03. The molecule has 1 aliphatic heterocycles. The van der Waals surface area contributed by atoms with Gasteiger partial charge < -0.3 is 50.9 Å². The number of thioether (sulfide) groups is 1. The molecule has 2 unspecified atom stereocenters. The van der Waals surface area contributed by atoms with Crippen molar-refractivity contribution in [2.45, 2.75) is 57.8 Å². The molecule has 0 bridgehead atoms. The fourth-order valence-electron chi connectivity index (χ4n) is 4.32. The average Bonchev–Trinajstić information content (AvgIpc) is 3.57. The van der Waals surface area contributed by atoms with Crippen molar-refractivity contribution >= 4 is 69.1 Å². The summed E-state index contributed by atoms with van der Waals surface area (Å²) in [5.74, 6) is -1.08. The highest BCUT2D eigenvalue weighted by molar-refractivity contribution is 8.13. The van der Waals surface area contributed by atoms with Crippen molar-refractivity contribution in [1.29, 1.82) is 0 Å². The van der Waals surface area contributed by atoms with E-state index in [1.165, 1.54) is 20.8 Å². The van der Waals surface area contributed by atoms with Crippen LogP contribution in [-0.4, -0.2) is 123 Å². The number of nitrogens with zero attached hydrogens (tertiary/aromatic N) is 4. The Bertz CT molecular complexity index is 1710. The SMILES string of the molecule is CC(C)(COP(=O)(O)OP(=O)(O)OC[C@H]1O[C@@H](n2cnc3c(N)ncnc32)[C@H](O)[C@@H]1OP(=O)(O)O)[C@@H](O)C(=O)NCCC(=O)NCCSC([11CH3])=O. The molecular weight excluding hydrogens is 770 g/mol. The molecule has 1 aliphatic rings. The van der Waals surface area contributed by atoms with Gasteiger partial charge in [-0.15, -0.1) is 0 Å². The van der Waals surface area contributed by atoms with Crippen LogP contribution in [0, 0.1) is 5.41 Å². The second kappa shape index (κ2) is 17.6. The number of rotatable bonds is 19. The molecule has 7 atom stereocenters. The number of aliphatic hydroxyl groups is 2. The van der Waals surface area contributed by atoms with Crippen LogP contribution in [0.3, 0.4) is 0 Å². The Morgan fingerprint density at radius 3 is 2.39 bits per heavy atom. The predicted molar refractivity (Wildman–Crippen MR) is 173 cm³/mol. The maximum absolute atomic E-state index is 12.6. The lowest BCUT2D eigenvalue weighted by molar-refractivity contribution is -0.137. The van der Waals surface area contributed by atoms with Gasteiger partial charge in [-0.05, 0) is 0 Å². The summed E-state index contributed by atoms with van der Waals surface area (Å²) in [4.78, 5) is 85.9. The molecule has 1 fully saturated rings. The number of nitrogens with one attached hydrogen (secondary N) is 2. The number of phosphoric acid groups is 3. The number of phosphoric ester groups is 3. The molecule has 288 valence electrons. The second-order valence-corrected chi connectivity index (χ2v) is 16.9. The van der Waals surface area contributed by atoms with Gasteiger partial charge in [-0.2, -0.15) is 4.31 Å². The van der Waals surface area contributed by atoms with E-state index in [4.69, 9.17) is 19.5 Å². The summed E-state index contributed by atoms with van der Waals surface area (Å²) < 4.78 is 61.8. The molecule has 28 heteroatoms. The van der Waals surface area contributed by atoms with E-state index >= 15 is 0 Å². The van der Waals surface area contributed by atoms with Crippen molar-refractivity contribution in [3.63, 3.8) is 0 Å². The van der Waals surface area contributed by atoms with Crippen LogP contribution in [-0.2, 0) is 50.7 Å². The van der Waals surface area contributed by atoms with E-state index in [1.807, 2.05) is 0 Å². The van der Waals surface area contributed by atoms with Crippen molar-refractivity contribution in [3.05, 3.63) is 12.7 Å². The highest BCUT2D eigenvalue weighted by Gasteiger charge is 2.50. The fraction of sp³-hybridized carbons (Fsp3) is 0.652. The first-order valence-corrected chi connectivity index (χ1v) is 20.0. The van der Waals surface area contributed by atoms with Gasteiger partial charge in [0.2, 0.25) is 11.8 Å². The third-order valence-electron chi connectivity index (χ3n) is 6.81. The molecular formula is C23H38N7O17P3S. The Hall–Kier alpha value is -2.44. The number of ether oxygens (including phenoxy) is 1. The Balaban J connectivity index is 1.55. The smallest absolute Gasteiger partial charge is 0.386 e. The summed E-state index contributed by atoms with van der Waals surface area (Å²) in [5, 5.41) is 26.1. The van der Waals surface area contributed by atoms with Gasteiger partial charge in [0.15, 0.2) is 22.8 Å². The summed E-state index contributed by atoms with van der Waals surface area (Å²) in [6, 6.07) is 0. The highest BCUT2D eigenvalue weighted by atomic mass is 32.2. The zero-order chi connectivity index (χ0) is 38.4. The number of amides is 2. The number of carbonyl (C=O) groups excluding carboxylic acids is 3. The number of nitrogen functional groups attached to an aromatic ring is 1. The summed E-state index contributed by atoms with van der Waals surface area (Å²) in [6.07, 6.45) is -6.88. The molecule has 24 nitrogen and oxygen atoms in total. The van der Waals surface area contributed by atoms with Crippen LogP contribution >= 0.6 is 35.2 Å². The van der Waals surface area contributed by atoms with Crippen LogP contribution < -0.4 is 16.4 Å². The first-order valence-electron chi connectivity index (χ1n) is 14.5. The van der Waals surface area contributed by atoms with Gasteiger partial charge >= 0.3 is 23.5 Å². The van der Waals surface area contributed by atoms with E-state index in [9.17, 15) is 57.9 Å². The first-order chi connectivity index (χ1) is 23.5. The second-order valence-electron chi connectivity index (χ2n) is 11.4. The third kappa shape index (κ3) is 12.9. The number of imidazole rings is 1. The van der Waals surface area contributed by atoms with Crippen LogP contribution in [0.5, 0.6) is 0 Å². The van der Waals surface area contributed by atoms with E-state index in [2.05, 4.69) is 34.4 Å². The van der Waals surface area contributed by atoms with Crippen molar-refractivity contribution in [2.75, 3.05) is 37.8 Å². The average molecular weight is 809 g/mol. The largest absolute Gasteiger partial charge is 0.481 e. The topological polar surface area (TPSA) is 364 Å². The van der Waals surface area contributed by atoms with Crippen molar-refractivity contribution in [1.82, 2.24) is 30.2 Å². The van der Waals surface area contributed by atoms with Crippen LogP contribution in [0.4, 0.5) is 5.82 Å². The van der Waals surface area contributed by atoms with Crippen LogP contribution in [0.25, 0.3) is 11.2 Å². The monoisotopic (exact) mass is 808 g/mol. The molecule has 1 saturated heterocycles. The molecule has 0 aliphatic carbocycles. The van der Waals surface area contributed by atoms with Gasteiger partial charge in [0, 0.05) is 37.6 Å². The van der Waals surface area contributed by atoms with E-state index in [0.29, 0.717) is 5.75 Å². The predicted octanol–water partition coefficient (Wildman–Crippen LogP) is -1.32. The van der Waals surface area contributed by atoms with Crippen molar-refractivity contribution < 1.29 is 80.5 Å². The summed E-state index contributed by atoms with van der Waals surface area (Å²) in [6.45, 7) is 1.90. The van der Waals surface area contributed by atoms with Gasteiger partial charge in [-0.1, -0.05) is 25.6 Å². The van der Waals surface area contributed by atoms with Crippen LogP contribution in [0.2, 0.25) is 0 Å². The highest BCUT2D eigenvalue weighted by Crippen LogP contribution is 2.61. The number of carbonyl (C=O) groups is 3. The van der Waals surface area contributed by atoms with E-state index < -0.39 is 84.6 Å². The number of nitrogens with two attached hydrogens (primary N) is 1. The molecule has 3 rings (SSSR count). The molecule has 51 heavy (non-hydrogen) atoms. The molecule has 2 aromatic heterocycles. The van der Waals surface area contributed by atoms with Crippen molar-refractivity contribution in [2.24, 2.45) is 5.41 Å². The zero-order valence-corrected chi connectivity index (χ0v) is 30.6. The maximum Gasteiger partial charge on any atom is 0.481 e. The summed E-state index contributed by atoms with van der Waals surface area (Å²) in [7, 11) is -16.4. The number of aromatic nitrogens is 4. The minimum absolute atomic E-state index is 0.0310. The minimum Gasteiger partial charge on any atom is -0.386 e. The standard InChI is InChI=1S/C23H38N7O17P3S/c1-12(31)51-7-6-25-14(32)4-5-26-21(35)18(34)23(2,3)9-44-50(41,42)47-49(39,40)43-8-13-17(46-48(36,37)38)16(33)22(45-13)30-11-29-15-19(24)27-10-28-20(15)30/h10-11,13,16-18,22,33-34H,4-9H2,1-3H3,(H,25,32)(H,26,35)(H,39,40)(H,41,42)(H2,24,27,28)(H2,36,37,38)/t13-,16-,17-,18+,22-/m1/s1/i1-1. The van der Waals surface area contributed by atoms with Crippen LogP contribution in [0.1, 0.15) is 33.4 Å². The Labute approximate surface area is 293 Å². The normalized spacial score (nSPS) is 22.6. The lowest BCUT2D eigenvalue weighted by Crippen LogP contribution is -2.46. The Kier molecular flexibility index (Phi) is 14.8.